The molecular weight excluding hydrogens is 293 g/mol. The molecule has 0 unspecified atom stereocenters. The van der Waals surface area contributed by atoms with Crippen molar-refractivity contribution in [3.8, 4) is 0 Å². The lowest BCUT2D eigenvalue weighted by Crippen LogP contribution is -2.06. The van der Waals surface area contributed by atoms with Crippen molar-refractivity contribution in [2.24, 2.45) is 0 Å². The topological polar surface area (TPSA) is 17.1 Å². The summed E-state index contributed by atoms with van der Waals surface area (Å²) in [5.41, 5.74) is 0.314. The van der Waals surface area contributed by atoms with Gasteiger partial charge in [0.1, 0.15) is 11.6 Å². The predicted molar refractivity (Wildman–Crippen MR) is 70.9 cm³/mol. The van der Waals surface area contributed by atoms with Crippen LogP contribution in [0.3, 0.4) is 0 Å². The molecule has 0 saturated heterocycles. The molecule has 0 N–H and O–H groups in total. The van der Waals surface area contributed by atoms with Crippen LogP contribution in [0.25, 0.3) is 0 Å². The molecule has 0 amide bonds. The largest absolute Gasteiger partial charge is 0.294 e. The molecule has 0 atom stereocenters. The van der Waals surface area contributed by atoms with Crippen molar-refractivity contribution >= 4 is 29.0 Å². The van der Waals surface area contributed by atoms with Gasteiger partial charge in [-0.3, -0.25) is 4.79 Å². The number of Topliss-reactive ketones (excluding diaryl/α,β-unsaturated/α-hetero) is 1. The lowest BCUT2D eigenvalue weighted by Gasteiger charge is -2.05. The number of ketones is 1. The van der Waals surface area contributed by atoms with Crippen LogP contribution in [-0.2, 0) is 6.42 Å². The second-order valence-electron chi connectivity index (χ2n) is 3.94. The molecule has 2 aromatic carbocycles. The van der Waals surface area contributed by atoms with Crippen molar-refractivity contribution in [3.63, 3.8) is 0 Å². The molecule has 2 aromatic rings. The summed E-state index contributed by atoms with van der Waals surface area (Å²) in [5, 5.41) is -0.113. The molecule has 2 rings (SSSR count). The quantitative estimate of drug-likeness (QED) is 0.751. The average Bonchev–Trinajstić information content (AvgIpc) is 2.38. The fraction of sp³-hybridized carbons (Fsp3) is 0.0714. The normalized spacial score (nSPS) is 10.5. The summed E-state index contributed by atoms with van der Waals surface area (Å²) in [7, 11) is 0. The predicted octanol–water partition coefficient (Wildman–Crippen LogP) is 4.70. The number of halogens is 4. The minimum atomic E-state index is -0.681. The van der Waals surface area contributed by atoms with Crippen molar-refractivity contribution in [1.29, 1.82) is 0 Å². The van der Waals surface area contributed by atoms with E-state index in [1.54, 1.807) is 6.07 Å². The Hall–Kier alpha value is -1.45. The van der Waals surface area contributed by atoms with Gasteiger partial charge in [0.15, 0.2) is 5.78 Å². The summed E-state index contributed by atoms with van der Waals surface area (Å²) in [6.07, 6.45) is -0.187. The summed E-state index contributed by atoms with van der Waals surface area (Å²) in [5.74, 6) is -1.72. The Bertz CT molecular complexity index is 641. The highest BCUT2D eigenvalue weighted by atomic mass is 35.5. The molecule has 0 aliphatic rings. The number of rotatable bonds is 3. The molecule has 5 heteroatoms. The van der Waals surface area contributed by atoms with Gasteiger partial charge in [-0.15, -0.1) is 0 Å². The van der Waals surface area contributed by atoms with Gasteiger partial charge in [-0.1, -0.05) is 35.3 Å². The van der Waals surface area contributed by atoms with E-state index in [0.717, 1.165) is 6.07 Å². The Balaban J connectivity index is 2.26. The van der Waals surface area contributed by atoms with Gasteiger partial charge in [-0.2, -0.15) is 0 Å². The van der Waals surface area contributed by atoms with Gasteiger partial charge in [0.2, 0.25) is 0 Å². The minimum absolute atomic E-state index is 0.0485. The third kappa shape index (κ3) is 3.11. The standard InChI is InChI=1S/C14H8Cl2F2O/c15-10-5-4-8(6-12(10)17)13(19)7-9-2-1-3-11(16)14(9)18/h1-6H,7H2. The van der Waals surface area contributed by atoms with E-state index in [9.17, 15) is 13.6 Å². The van der Waals surface area contributed by atoms with Crippen LogP contribution >= 0.6 is 23.2 Å². The number of benzene rings is 2. The van der Waals surface area contributed by atoms with Crippen molar-refractivity contribution in [1.82, 2.24) is 0 Å². The van der Waals surface area contributed by atoms with Gasteiger partial charge in [-0.25, -0.2) is 8.78 Å². The zero-order valence-electron chi connectivity index (χ0n) is 9.59. The molecule has 98 valence electrons. The molecule has 19 heavy (non-hydrogen) atoms. The van der Waals surface area contributed by atoms with Gasteiger partial charge in [-0.05, 0) is 29.8 Å². The molecule has 0 aliphatic carbocycles. The van der Waals surface area contributed by atoms with Gasteiger partial charge in [0, 0.05) is 12.0 Å². The maximum Gasteiger partial charge on any atom is 0.167 e. The molecule has 0 bridgehead atoms. The Labute approximate surface area is 118 Å². The average molecular weight is 301 g/mol. The summed E-state index contributed by atoms with van der Waals surface area (Å²) in [6, 6.07) is 8.14. The summed E-state index contributed by atoms with van der Waals surface area (Å²) in [6.45, 7) is 0. The summed E-state index contributed by atoms with van der Waals surface area (Å²) in [4.78, 5) is 11.9. The molecular formula is C14H8Cl2F2O. The first-order valence-corrected chi connectivity index (χ1v) is 6.16. The molecule has 0 spiro atoms. The van der Waals surface area contributed by atoms with Crippen molar-refractivity contribution < 1.29 is 13.6 Å². The van der Waals surface area contributed by atoms with E-state index in [-0.39, 0.29) is 27.6 Å². The van der Waals surface area contributed by atoms with E-state index in [0.29, 0.717) is 0 Å². The second kappa shape index (κ2) is 5.68. The van der Waals surface area contributed by atoms with Crippen LogP contribution < -0.4 is 0 Å². The van der Waals surface area contributed by atoms with Gasteiger partial charge < -0.3 is 0 Å². The Morgan fingerprint density at radius 1 is 1.05 bits per heavy atom. The molecule has 0 saturated carbocycles. The van der Waals surface area contributed by atoms with E-state index in [1.807, 2.05) is 0 Å². The zero-order chi connectivity index (χ0) is 14.0. The fourth-order valence-electron chi connectivity index (χ4n) is 1.63. The third-order valence-electron chi connectivity index (χ3n) is 2.62. The Morgan fingerprint density at radius 3 is 2.47 bits per heavy atom. The van der Waals surface area contributed by atoms with Gasteiger partial charge in [0.05, 0.1) is 10.0 Å². The smallest absolute Gasteiger partial charge is 0.167 e. The van der Waals surface area contributed by atoms with Crippen LogP contribution in [0.1, 0.15) is 15.9 Å². The first-order valence-electron chi connectivity index (χ1n) is 5.40. The number of carbonyl (C=O) groups excluding carboxylic acids is 1. The van der Waals surface area contributed by atoms with Crippen molar-refractivity contribution in [2.75, 3.05) is 0 Å². The van der Waals surface area contributed by atoms with E-state index in [2.05, 4.69) is 0 Å². The number of hydrogen-bond acceptors (Lipinski definition) is 1. The van der Waals surface area contributed by atoms with Crippen LogP contribution in [0.5, 0.6) is 0 Å². The van der Waals surface area contributed by atoms with E-state index in [1.165, 1.54) is 24.3 Å². The van der Waals surface area contributed by atoms with Crippen LogP contribution in [0.15, 0.2) is 36.4 Å². The van der Waals surface area contributed by atoms with Crippen LogP contribution in [-0.4, -0.2) is 5.78 Å². The maximum atomic E-state index is 13.6. The van der Waals surface area contributed by atoms with Gasteiger partial charge in [0.25, 0.3) is 0 Å². The highest BCUT2D eigenvalue weighted by Gasteiger charge is 2.13. The monoisotopic (exact) mass is 300 g/mol. The van der Waals surface area contributed by atoms with Crippen LogP contribution in [0.4, 0.5) is 8.78 Å². The van der Waals surface area contributed by atoms with Gasteiger partial charge >= 0.3 is 0 Å². The molecule has 1 nitrogen and oxygen atoms in total. The molecule has 0 aliphatic heterocycles. The molecule has 0 aromatic heterocycles. The SMILES string of the molecule is O=C(Cc1cccc(Cl)c1F)c1ccc(Cl)c(F)c1. The zero-order valence-corrected chi connectivity index (χ0v) is 11.1. The molecule has 0 fully saturated rings. The van der Waals surface area contributed by atoms with Crippen LogP contribution in [0.2, 0.25) is 10.0 Å². The lowest BCUT2D eigenvalue weighted by atomic mass is 10.0. The first kappa shape index (κ1) is 14.0. The van der Waals surface area contributed by atoms with E-state index >= 15 is 0 Å². The highest BCUT2D eigenvalue weighted by molar-refractivity contribution is 6.31. The minimum Gasteiger partial charge on any atom is -0.294 e. The van der Waals surface area contributed by atoms with Crippen molar-refractivity contribution in [3.05, 3.63) is 69.2 Å². The lowest BCUT2D eigenvalue weighted by molar-refractivity contribution is 0.0991. The summed E-state index contributed by atoms with van der Waals surface area (Å²) >= 11 is 11.2. The first-order chi connectivity index (χ1) is 8.99. The number of carbonyl (C=O) groups is 1. The summed E-state index contributed by atoms with van der Waals surface area (Å²) < 4.78 is 26.9. The molecule has 0 heterocycles. The van der Waals surface area contributed by atoms with E-state index < -0.39 is 17.4 Å². The highest BCUT2D eigenvalue weighted by Crippen LogP contribution is 2.21. The van der Waals surface area contributed by atoms with E-state index in [4.69, 9.17) is 23.2 Å². The Kier molecular flexibility index (Phi) is 4.17. The third-order valence-corrected chi connectivity index (χ3v) is 3.22. The Morgan fingerprint density at radius 2 is 1.79 bits per heavy atom. The maximum absolute atomic E-state index is 13.6. The molecule has 0 radical (unpaired) electrons. The fourth-order valence-corrected chi connectivity index (χ4v) is 1.94. The van der Waals surface area contributed by atoms with Crippen molar-refractivity contribution in [2.45, 2.75) is 6.42 Å². The van der Waals surface area contributed by atoms with Crippen LogP contribution in [0, 0.1) is 11.6 Å². The second-order valence-corrected chi connectivity index (χ2v) is 4.76. The number of hydrogen-bond donors (Lipinski definition) is 0.